The SMILES string of the molecule is Cc1cccc(CSC(CN)c2ccccc2C)c1. The first-order valence-corrected chi connectivity index (χ1v) is 7.68. The van der Waals surface area contributed by atoms with Crippen LogP contribution in [-0.2, 0) is 5.75 Å². The lowest BCUT2D eigenvalue weighted by Crippen LogP contribution is -2.10. The highest BCUT2D eigenvalue weighted by molar-refractivity contribution is 7.98. The molecule has 2 aromatic rings. The molecular weight excluding hydrogens is 250 g/mol. The summed E-state index contributed by atoms with van der Waals surface area (Å²) in [5, 5.41) is 0.377. The van der Waals surface area contributed by atoms with Gasteiger partial charge in [-0.25, -0.2) is 0 Å². The highest BCUT2D eigenvalue weighted by atomic mass is 32.2. The van der Waals surface area contributed by atoms with Crippen molar-refractivity contribution >= 4 is 11.8 Å². The van der Waals surface area contributed by atoms with E-state index < -0.39 is 0 Å². The first-order valence-electron chi connectivity index (χ1n) is 6.63. The van der Waals surface area contributed by atoms with Crippen LogP contribution in [0, 0.1) is 13.8 Å². The molecule has 0 amide bonds. The molecule has 0 radical (unpaired) electrons. The van der Waals surface area contributed by atoms with E-state index in [2.05, 4.69) is 62.4 Å². The normalized spacial score (nSPS) is 12.4. The van der Waals surface area contributed by atoms with Crippen LogP contribution < -0.4 is 5.73 Å². The predicted molar refractivity (Wildman–Crippen MR) is 85.4 cm³/mol. The van der Waals surface area contributed by atoms with Crippen molar-refractivity contribution in [2.75, 3.05) is 6.54 Å². The Labute approximate surface area is 120 Å². The lowest BCUT2D eigenvalue weighted by atomic mass is 10.1. The van der Waals surface area contributed by atoms with E-state index in [1.165, 1.54) is 22.3 Å². The fourth-order valence-electron chi connectivity index (χ4n) is 2.23. The molecule has 100 valence electrons. The highest BCUT2D eigenvalue weighted by Crippen LogP contribution is 2.32. The lowest BCUT2D eigenvalue weighted by Gasteiger charge is -2.17. The van der Waals surface area contributed by atoms with Crippen LogP contribution in [0.2, 0.25) is 0 Å². The maximum Gasteiger partial charge on any atom is 0.0425 e. The molecule has 0 aliphatic rings. The average Bonchev–Trinajstić information content (AvgIpc) is 2.41. The van der Waals surface area contributed by atoms with Crippen molar-refractivity contribution in [3.63, 3.8) is 0 Å². The first-order chi connectivity index (χ1) is 9.20. The summed E-state index contributed by atoms with van der Waals surface area (Å²) in [4.78, 5) is 0. The van der Waals surface area contributed by atoms with E-state index in [1.54, 1.807) is 0 Å². The van der Waals surface area contributed by atoms with Crippen LogP contribution in [-0.4, -0.2) is 6.54 Å². The minimum Gasteiger partial charge on any atom is -0.329 e. The Kier molecular flexibility index (Phi) is 5.06. The van der Waals surface area contributed by atoms with Crippen molar-refractivity contribution in [3.8, 4) is 0 Å². The molecule has 0 saturated heterocycles. The monoisotopic (exact) mass is 271 g/mol. The summed E-state index contributed by atoms with van der Waals surface area (Å²) in [6.07, 6.45) is 0. The Bertz CT molecular complexity index is 536. The Morgan fingerprint density at radius 3 is 2.53 bits per heavy atom. The molecule has 1 unspecified atom stereocenters. The molecular formula is C17H21NS. The topological polar surface area (TPSA) is 26.0 Å². The molecule has 0 heterocycles. The second kappa shape index (κ2) is 6.78. The number of aryl methyl sites for hydroxylation is 2. The largest absolute Gasteiger partial charge is 0.329 e. The van der Waals surface area contributed by atoms with Crippen molar-refractivity contribution in [1.82, 2.24) is 0 Å². The number of hydrogen-bond donors (Lipinski definition) is 1. The van der Waals surface area contributed by atoms with Gasteiger partial charge >= 0.3 is 0 Å². The van der Waals surface area contributed by atoms with Gasteiger partial charge in [0.1, 0.15) is 0 Å². The first kappa shape index (κ1) is 14.2. The molecule has 2 heteroatoms. The number of thioether (sulfide) groups is 1. The molecule has 0 fully saturated rings. The van der Waals surface area contributed by atoms with Crippen LogP contribution in [0.3, 0.4) is 0 Å². The van der Waals surface area contributed by atoms with Crippen LogP contribution >= 0.6 is 11.8 Å². The summed E-state index contributed by atoms with van der Waals surface area (Å²) in [5.41, 5.74) is 11.3. The Morgan fingerprint density at radius 2 is 1.84 bits per heavy atom. The number of benzene rings is 2. The van der Waals surface area contributed by atoms with Crippen LogP contribution in [0.4, 0.5) is 0 Å². The zero-order valence-corrected chi connectivity index (χ0v) is 12.4. The van der Waals surface area contributed by atoms with E-state index >= 15 is 0 Å². The Balaban J connectivity index is 2.06. The summed E-state index contributed by atoms with van der Waals surface area (Å²) in [5.74, 6) is 1.01. The average molecular weight is 271 g/mol. The molecule has 1 nitrogen and oxygen atoms in total. The summed E-state index contributed by atoms with van der Waals surface area (Å²) < 4.78 is 0. The van der Waals surface area contributed by atoms with Crippen LogP contribution in [0.25, 0.3) is 0 Å². The third kappa shape index (κ3) is 3.85. The predicted octanol–water partition coefficient (Wildman–Crippen LogP) is 4.24. The van der Waals surface area contributed by atoms with Gasteiger partial charge in [-0.15, -0.1) is 11.8 Å². The van der Waals surface area contributed by atoms with Gasteiger partial charge in [-0.1, -0.05) is 54.1 Å². The van der Waals surface area contributed by atoms with Gasteiger partial charge < -0.3 is 5.73 Å². The van der Waals surface area contributed by atoms with Gasteiger partial charge in [0.25, 0.3) is 0 Å². The zero-order valence-electron chi connectivity index (χ0n) is 11.6. The van der Waals surface area contributed by atoms with Gasteiger partial charge in [-0.2, -0.15) is 0 Å². The molecule has 19 heavy (non-hydrogen) atoms. The van der Waals surface area contributed by atoms with Gasteiger partial charge in [-0.05, 0) is 30.5 Å². The second-order valence-corrected chi connectivity index (χ2v) is 6.07. The molecule has 1 atom stereocenters. The molecule has 0 aliphatic carbocycles. The standard InChI is InChI=1S/C17H21NS/c1-13-6-5-8-15(10-13)12-19-17(11-18)16-9-4-3-7-14(16)2/h3-10,17H,11-12,18H2,1-2H3. The van der Waals surface area contributed by atoms with Crippen molar-refractivity contribution < 1.29 is 0 Å². The third-order valence-electron chi connectivity index (χ3n) is 3.28. The quantitative estimate of drug-likeness (QED) is 0.880. The van der Waals surface area contributed by atoms with E-state index in [0.29, 0.717) is 11.8 Å². The summed E-state index contributed by atoms with van der Waals surface area (Å²) in [6, 6.07) is 17.2. The van der Waals surface area contributed by atoms with E-state index in [0.717, 1.165) is 5.75 Å². The molecule has 2 rings (SSSR count). The van der Waals surface area contributed by atoms with Crippen molar-refractivity contribution in [1.29, 1.82) is 0 Å². The van der Waals surface area contributed by atoms with E-state index in [4.69, 9.17) is 5.73 Å². The molecule has 2 aromatic carbocycles. The summed E-state index contributed by atoms with van der Waals surface area (Å²) in [7, 11) is 0. The zero-order chi connectivity index (χ0) is 13.7. The number of rotatable bonds is 5. The molecule has 0 aromatic heterocycles. The molecule has 0 spiro atoms. The smallest absolute Gasteiger partial charge is 0.0425 e. The fraction of sp³-hybridized carbons (Fsp3) is 0.294. The van der Waals surface area contributed by atoms with Gasteiger partial charge in [0.2, 0.25) is 0 Å². The van der Waals surface area contributed by atoms with Crippen molar-refractivity contribution in [3.05, 3.63) is 70.8 Å². The van der Waals surface area contributed by atoms with E-state index in [1.807, 2.05) is 11.8 Å². The fourth-order valence-corrected chi connectivity index (χ4v) is 3.38. The van der Waals surface area contributed by atoms with Crippen LogP contribution in [0.5, 0.6) is 0 Å². The molecule has 0 saturated carbocycles. The van der Waals surface area contributed by atoms with E-state index in [9.17, 15) is 0 Å². The van der Waals surface area contributed by atoms with Gasteiger partial charge in [0, 0.05) is 17.5 Å². The van der Waals surface area contributed by atoms with Gasteiger partial charge in [-0.3, -0.25) is 0 Å². The minimum absolute atomic E-state index is 0.377. The molecule has 2 N–H and O–H groups in total. The second-order valence-electron chi connectivity index (χ2n) is 4.88. The Hall–Kier alpha value is -1.25. The van der Waals surface area contributed by atoms with Crippen molar-refractivity contribution in [2.45, 2.75) is 24.9 Å². The minimum atomic E-state index is 0.377. The molecule has 0 aliphatic heterocycles. The Morgan fingerprint density at radius 1 is 1.05 bits per heavy atom. The molecule has 0 bridgehead atoms. The number of nitrogens with two attached hydrogens (primary N) is 1. The van der Waals surface area contributed by atoms with Crippen molar-refractivity contribution in [2.24, 2.45) is 5.73 Å². The third-order valence-corrected chi connectivity index (χ3v) is 4.63. The van der Waals surface area contributed by atoms with E-state index in [-0.39, 0.29) is 0 Å². The number of hydrogen-bond acceptors (Lipinski definition) is 2. The van der Waals surface area contributed by atoms with Gasteiger partial charge in [0.15, 0.2) is 0 Å². The summed E-state index contributed by atoms with van der Waals surface area (Å²) >= 11 is 1.93. The highest BCUT2D eigenvalue weighted by Gasteiger charge is 2.12. The maximum atomic E-state index is 5.95. The maximum absolute atomic E-state index is 5.95. The van der Waals surface area contributed by atoms with Gasteiger partial charge in [0.05, 0.1) is 0 Å². The lowest BCUT2D eigenvalue weighted by molar-refractivity contribution is 0.930. The van der Waals surface area contributed by atoms with Crippen LogP contribution in [0.1, 0.15) is 27.5 Å². The summed E-state index contributed by atoms with van der Waals surface area (Å²) in [6.45, 7) is 4.97. The van der Waals surface area contributed by atoms with Crippen LogP contribution in [0.15, 0.2) is 48.5 Å².